The van der Waals surface area contributed by atoms with Crippen LogP contribution in [0, 0.1) is 0 Å². The molecule has 150 valence electrons. The molecule has 1 aliphatic heterocycles. The van der Waals surface area contributed by atoms with Crippen molar-refractivity contribution in [1.29, 1.82) is 0 Å². The fourth-order valence-corrected chi connectivity index (χ4v) is 4.53. The first-order chi connectivity index (χ1) is 13.3. The Morgan fingerprint density at radius 3 is 2.29 bits per heavy atom. The number of sulfonamides is 1. The standard InChI is InChI=1S/C21H25ClN2O3S/c1-15(2)16-6-9-18(10-7-16)28(26,27)23-20-14-17(22)8-11-19(20)21(25)24-12-4-3-5-13-24/h6-11,14-15,23H,3-5,12-13H2,1-2H3. The lowest BCUT2D eigenvalue weighted by molar-refractivity contribution is 0.0725. The van der Waals surface area contributed by atoms with E-state index >= 15 is 0 Å². The van der Waals surface area contributed by atoms with Crippen molar-refractivity contribution < 1.29 is 13.2 Å². The lowest BCUT2D eigenvalue weighted by Crippen LogP contribution is -2.36. The van der Waals surface area contributed by atoms with E-state index < -0.39 is 10.0 Å². The molecule has 1 N–H and O–H groups in total. The van der Waals surface area contributed by atoms with Crippen molar-refractivity contribution in [3.05, 3.63) is 58.6 Å². The summed E-state index contributed by atoms with van der Waals surface area (Å²) < 4.78 is 28.3. The van der Waals surface area contributed by atoms with E-state index in [0.717, 1.165) is 24.8 Å². The van der Waals surface area contributed by atoms with E-state index in [2.05, 4.69) is 4.72 Å². The van der Waals surface area contributed by atoms with Crippen molar-refractivity contribution in [2.75, 3.05) is 17.8 Å². The minimum atomic E-state index is -3.84. The topological polar surface area (TPSA) is 66.5 Å². The van der Waals surface area contributed by atoms with E-state index in [1.165, 1.54) is 6.07 Å². The highest BCUT2D eigenvalue weighted by Crippen LogP contribution is 2.27. The summed E-state index contributed by atoms with van der Waals surface area (Å²) >= 11 is 6.08. The van der Waals surface area contributed by atoms with Crippen molar-refractivity contribution in [2.45, 2.75) is 43.9 Å². The van der Waals surface area contributed by atoms with Gasteiger partial charge < -0.3 is 4.90 Å². The smallest absolute Gasteiger partial charge is 0.261 e. The Labute approximate surface area is 171 Å². The summed E-state index contributed by atoms with van der Waals surface area (Å²) in [4.78, 5) is 14.8. The van der Waals surface area contributed by atoms with Gasteiger partial charge in [-0.05, 0) is 61.1 Å². The van der Waals surface area contributed by atoms with Crippen LogP contribution < -0.4 is 4.72 Å². The van der Waals surface area contributed by atoms with Crippen LogP contribution in [-0.2, 0) is 10.0 Å². The lowest BCUT2D eigenvalue weighted by Gasteiger charge is -2.27. The maximum atomic E-state index is 12.9. The molecule has 7 heteroatoms. The number of carbonyl (C=O) groups is 1. The highest BCUT2D eigenvalue weighted by molar-refractivity contribution is 7.92. The average molecular weight is 421 g/mol. The molecule has 0 bridgehead atoms. The Morgan fingerprint density at radius 2 is 1.68 bits per heavy atom. The summed E-state index contributed by atoms with van der Waals surface area (Å²) in [5, 5.41) is 0.364. The normalized spacial score (nSPS) is 14.9. The first-order valence-corrected chi connectivity index (χ1v) is 11.4. The van der Waals surface area contributed by atoms with Crippen LogP contribution >= 0.6 is 11.6 Å². The van der Waals surface area contributed by atoms with Crippen LogP contribution in [0.4, 0.5) is 5.69 Å². The number of amides is 1. The van der Waals surface area contributed by atoms with Gasteiger partial charge in [-0.1, -0.05) is 37.6 Å². The molecule has 0 aromatic heterocycles. The number of anilines is 1. The van der Waals surface area contributed by atoms with Crippen molar-refractivity contribution in [3.63, 3.8) is 0 Å². The predicted octanol–water partition coefficient (Wildman–Crippen LogP) is 4.89. The number of piperidine rings is 1. The van der Waals surface area contributed by atoms with Crippen LogP contribution in [0.3, 0.4) is 0 Å². The Kier molecular flexibility index (Phi) is 6.30. The summed E-state index contributed by atoms with van der Waals surface area (Å²) in [5.74, 6) is 0.135. The molecule has 2 aromatic carbocycles. The van der Waals surface area contributed by atoms with Gasteiger partial charge in [0.25, 0.3) is 15.9 Å². The molecule has 2 aromatic rings. The minimum Gasteiger partial charge on any atom is -0.339 e. The van der Waals surface area contributed by atoms with Gasteiger partial charge in [0.2, 0.25) is 0 Å². The molecule has 1 amide bonds. The minimum absolute atomic E-state index is 0.147. The second-order valence-corrected chi connectivity index (χ2v) is 9.49. The molecule has 0 aliphatic carbocycles. The summed E-state index contributed by atoms with van der Waals surface area (Å²) in [6, 6.07) is 11.4. The number of benzene rings is 2. The average Bonchev–Trinajstić information content (AvgIpc) is 2.68. The maximum absolute atomic E-state index is 12.9. The Balaban J connectivity index is 1.90. The number of nitrogens with one attached hydrogen (secondary N) is 1. The molecule has 0 unspecified atom stereocenters. The van der Waals surface area contributed by atoms with Crippen LogP contribution in [0.25, 0.3) is 0 Å². The van der Waals surface area contributed by atoms with Gasteiger partial charge in [-0.2, -0.15) is 0 Å². The summed E-state index contributed by atoms with van der Waals surface area (Å²) in [6.45, 7) is 5.47. The van der Waals surface area contributed by atoms with Crippen molar-refractivity contribution in [2.24, 2.45) is 0 Å². The molecule has 1 aliphatic rings. The molecule has 0 atom stereocenters. The van der Waals surface area contributed by atoms with Gasteiger partial charge in [-0.25, -0.2) is 8.42 Å². The van der Waals surface area contributed by atoms with E-state index in [4.69, 9.17) is 11.6 Å². The molecule has 1 fully saturated rings. The molecular formula is C21H25ClN2O3S. The molecule has 5 nitrogen and oxygen atoms in total. The van der Waals surface area contributed by atoms with Crippen molar-refractivity contribution in [1.82, 2.24) is 4.90 Å². The van der Waals surface area contributed by atoms with Gasteiger partial charge in [0, 0.05) is 18.1 Å². The van der Waals surface area contributed by atoms with Gasteiger partial charge in [0.1, 0.15) is 0 Å². The number of likely N-dealkylation sites (tertiary alicyclic amines) is 1. The Hall–Kier alpha value is -2.05. The molecular weight excluding hydrogens is 396 g/mol. The Bertz CT molecular complexity index is 950. The summed E-state index contributed by atoms with van der Waals surface area (Å²) in [5.41, 5.74) is 1.58. The molecule has 1 saturated heterocycles. The number of halogens is 1. The Morgan fingerprint density at radius 1 is 1.04 bits per heavy atom. The molecule has 0 saturated carbocycles. The van der Waals surface area contributed by atoms with Crippen molar-refractivity contribution >= 4 is 33.2 Å². The third-order valence-electron chi connectivity index (χ3n) is 4.96. The van der Waals surface area contributed by atoms with Crippen LogP contribution in [0.2, 0.25) is 5.02 Å². The van der Waals surface area contributed by atoms with E-state index in [9.17, 15) is 13.2 Å². The van der Waals surface area contributed by atoms with Gasteiger partial charge in [-0.15, -0.1) is 0 Å². The number of nitrogens with zero attached hydrogens (tertiary/aromatic N) is 1. The SMILES string of the molecule is CC(C)c1ccc(S(=O)(=O)Nc2cc(Cl)ccc2C(=O)N2CCCCC2)cc1. The largest absolute Gasteiger partial charge is 0.339 e. The van der Waals surface area contributed by atoms with Gasteiger partial charge >= 0.3 is 0 Å². The molecule has 28 heavy (non-hydrogen) atoms. The van der Waals surface area contributed by atoms with Crippen molar-refractivity contribution in [3.8, 4) is 0 Å². The summed E-state index contributed by atoms with van der Waals surface area (Å²) in [7, 11) is -3.84. The fourth-order valence-electron chi connectivity index (χ4n) is 3.29. The number of rotatable bonds is 5. The van der Waals surface area contributed by atoms with Gasteiger partial charge in [-0.3, -0.25) is 9.52 Å². The number of carbonyl (C=O) groups excluding carboxylic acids is 1. The molecule has 0 spiro atoms. The van der Waals surface area contributed by atoms with Crippen LogP contribution in [0.1, 0.15) is 54.9 Å². The van der Waals surface area contributed by atoms with E-state index in [0.29, 0.717) is 29.6 Å². The highest BCUT2D eigenvalue weighted by atomic mass is 35.5. The zero-order valence-electron chi connectivity index (χ0n) is 16.1. The van der Waals surface area contributed by atoms with Crippen LogP contribution in [0.5, 0.6) is 0 Å². The van der Waals surface area contributed by atoms with E-state index in [-0.39, 0.29) is 16.5 Å². The zero-order chi connectivity index (χ0) is 20.3. The van der Waals surface area contributed by atoms with Gasteiger partial charge in [0.15, 0.2) is 0 Å². The van der Waals surface area contributed by atoms with Crippen LogP contribution in [0.15, 0.2) is 47.4 Å². The third kappa shape index (κ3) is 4.67. The third-order valence-corrected chi connectivity index (χ3v) is 6.57. The monoisotopic (exact) mass is 420 g/mol. The van der Waals surface area contributed by atoms with Crippen LogP contribution in [-0.4, -0.2) is 32.3 Å². The lowest BCUT2D eigenvalue weighted by atomic mass is 10.0. The fraction of sp³-hybridized carbons (Fsp3) is 0.381. The predicted molar refractivity (Wildman–Crippen MR) is 113 cm³/mol. The second-order valence-electron chi connectivity index (χ2n) is 7.37. The van der Waals surface area contributed by atoms with E-state index in [1.54, 1.807) is 41.3 Å². The van der Waals surface area contributed by atoms with Gasteiger partial charge in [0.05, 0.1) is 16.1 Å². The highest BCUT2D eigenvalue weighted by Gasteiger charge is 2.24. The number of hydrogen-bond donors (Lipinski definition) is 1. The molecule has 1 heterocycles. The first kappa shape index (κ1) is 20.7. The van der Waals surface area contributed by atoms with E-state index in [1.807, 2.05) is 13.8 Å². The number of hydrogen-bond acceptors (Lipinski definition) is 3. The quantitative estimate of drug-likeness (QED) is 0.748. The summed E-state index contributed by atoms with van der Waals surface area (Å²) in [6.07, 6.45) is 3.03. The first-order valence-electron chi connectivity index (χ1n) is 9.49. The molecule has 3 rings (SSSR count). The maximum Gasteiger partial charge on any atom is 0.261 e. The molecule has 0 radical (unpaired) electrons. The second kappa shape index (κ2) is 8.53. The zero-order valence-corrected chi connectivity index (χ0v) is 17.7.